The topological polar surface area (TPSA) is 58.4 Å². The Kier molecular flexibility index (Phi) is 4.97. The maximum atomic E-state index is 13.1. The molecule has 3 aromatic rings. The van der Waals surface area contributed by atoms with E-state index >= 15 is 0 Å². The van der Waals surface area contributed by atoms with Gasteiger partial charge in [0.05, 0.1) is 16.6 Å². The highest BCUT2D eigenvalue weighted by molar-refractivity contribution is 6.06. The van der Waals surface area contributed by atoms with Crippen molar-refractivity contribution in [3.8, 4) is 0 Å². The van der Waals surface area contributed by atoms with E-state index in [2.05, 4.69) is 4.98 Å². The van der Waals surface area contributed by atoms with Gasteiger partial charge in [-0.1, -0.05) is 18.2 Å². The molecule has 1 fully saturated rings. The third-order valence-corrected chi connectivity index (χ3v) is 5.35. The van der Waals surface area contributed by atoms with Crippen molar-refractivity contribution in [3.63, 3.8) is 0 Å². The lowest BCUT2D eigenvalue weighted by molar-refractivity contribution is -0.137. The van der Waals surface area contributed by atoms with Crippen molar-refractivity contribution in [2.24, 2.45) is 7.05 Å². The lowest BCUT2D eigenvalue weighted by Gasteiger charge is -2.35. The number of carbonyl (C=O) groups excluding carboxylic acids is 1. The van der Waals surface area contributed by atoms with Gasteiger partial charge in [0.2, 0.25) is 0 Å². The van der Waals surface area contributed by atoms with Gasteiger partial charge >= 0.3 is 6.18 Å². The second-order valence-electron chi connectivity index (χ2n) is 7.15. The molecule has 3 heterocycles. The predicted molar refractivity (Wildman–Crippen MR) is 107 cm³/mol. The number of pyridine rings is 2. The van der Waals surface area contributed by atoms with Gasteiger partial charge in [0.25, 0.3) is 11.5 Å². The van der Waals surface area contributed by atoms with Crippen LogP contribution in [-0.2, 0) is 13.2 Å². The number of nitrogens with zero attached hydrogens (tertiary/aromatic N) is 4. The SMILES string of the molecule is Cn1c(=O)cc(C(=O)N2CCN(c3ccc(C(F)(F)F)cn3)CC2)c2ccccc21. The second-order valence-corrected chi connectivity index (χ2v) is 7.15. The second kappa shape index (κ2) is 7.47. The quantitative estimate of drug-likeness (QED) is 0.645. The van der Waals surface area contributed by atoms with Crippen LogP contribution >= 0.6 is 0 Å². The first kappa shape index (κ1) is 19.9. The molecule has 1 aliphatic heterocycles. The summed E-state index contributed by atoms with van der Waals surface area (Å²) in [6, 6.07) is 10.9. The summed E-state index contributed by atoms with van der Waals surface area (Å²) < 4.78 is 39.6. The summed E-state index contributed by atoms with van der Waals surface area (Å²) >= 11 is 0. The molecule has 30 heavy (non-hydrogen) atoms. The van der Waals surface area contributed by atoms with Crippen LogP contribution in [0.5, 0.6) is 0 Å². The fourth-order valence-electron chi connectivity index (χ4n) is 3.64. The molecule has 6 nitrogen and oxygen atoms in total. The number of hydrogen-bond donors (Lipinski definition) is 0. The fourth-order valence-corrected chi connectivity index (χ4v) is 3.64. The van der Waals surface area contributed by atoms with Crippen molar-refractivity contribution in [2.45, 2.75) is 6.18 Å². The highest BCUT2D eigenvalue weighted by Gasteiger charge is 2.31. The Morgan fingerprint density at radius 2 is 1.73 bits per heavy atom. The van der Waals surface area contributed by atoms with Gasteiger partial charge in [0, 0.05) is 50.9 Å². The number of rotatable bonds is 2. The lowest BCUT2D eigenvalue weighted by atomic mass is 10.1. The Bertz CT molecular complexity index is 1150. The molecule has 0 saturated carbocycles. The van der Waals surface area contributed by atoms with E-state index in [-0.39, 0.29) is 11.5 Å². The number of fused-ring (bicyclic) bond motifs is 1. The molecule has 0 spiro atoms. The molecular weight excluding hydrogens is 397 g/mol. The minimum Gasteiger partial charge on any atom is -0.353 e. The maximum Gasteiger partial charge on any atom is 0.417 e. The number of hydrogen-bond acceptors (Lipinski definition) is 4. The van der Waals surface area contributed by atoms with Gasteiger partial charge in [-0.25, -0.2) is 4.98 Å². The molecule has 0 radical (unpaired) electrons. The number of para-hydroxylation sites is 1. The van der Waals surface area contributed by atoms with Crippen molar-refractivity contribution >= 4 is 22.6 Å². The molecule has 1 aliphatic rings. The van der Waals surface area contributed by atoms with Crippen LogP contribution < -0.4 is 10.5 Å². The third-order valence-electron chi connectivity index (χ3n) is 5.35. The van der Waals surface area contributed by atoms with E-state index < -0.39 is 11.7 Å². The molecule has 0 aliphatic carbocycles. The normalized spacial score (nSPS) is 14.9. The smallest absolute Gasteiger partial charge is 0.353 e. The summed E-state index contributed by atoms with van der Waals surface area (Å²) in [7, 11) is 1.66. The number of amides is 1. The Labute approximate surface area is 170 Å². The summed E-state index contributed by atoms with van der Waals surface area (Å²) in [6.07, 6.45) is -3.61. The Balaban J connectivity index is 1.51. The molecule has 1 aromatic carbocycles. The summed E-state index contributed by atoms with van der Waals surface area (Å²) in [5, 5.41) is 0.705. The monoisotopic (exact) mass is 416 g/mol. The molecular formula is C21H19F3N4O2. The first-order chi connectivity index (χ1) is 14.3. The Morgan fingerprint density at radius 1 is 1.03 bits per heavy atom. The number of piperazine rings is 1. The van der Waals surface area contributed by atoms with E-state index in [4.69, 9.17) is 0 Å². The zero-order valence-corrected chi connectivity index (χ0v) is 16.2. The molecule has 0 bridgehead atoms. The summed E-state index contributed by atoms with van der Waals surface area (Å²) in [4.78, 5) is 32.8. The number of alkyl halides is 3. The van der Waals surface area contributed by atoms with Crippen LogP contribution in [0.15, 0.2) is 53.5 Å². The molecule has 156 valence electrons. The first-order valence-electron chi connectivity index (χ1n) is 9.42. The molecule has 4 rings (SSSR count). The zero-order chi connectivity index (χ0) is 21.5. The molecule has 1 amide bonds. The average molecular weight is 416 g/mol. The van der Waals surface area contributed by atoms with Crippen LogP contribution in [0.4, 0.5) is 19.0 Å². The molecule has 0 N–H and O–H groups in total. The Morgan fingerprint density at radius 3 is 2.37 bits per heavy atom. The molecule has 1 saturated heterocycles. The van der Waals surface area contributed by atoms with Crippen LogP contribution in [0.2, 0.25) is 0 Å². The maximum absolute atomic E-state index is 13.1. The van der Waals surface area contributed by atoms with Gasteiger partial charge in [-0.2, -0.15) is 13.2 Å². The highest BCUT2D eigenvalue weighted by atomic mass is 19.4. The van der Waals surface area contributed by atoms with Crippen LogP contribution in [-0.4, -0.2) is 46.5 Å². The average Bonchev–Trinajstić information content (AvgIpc) is 2.75. The minimum atomic E-state index is -4.42. The number of aromatic nitrogens is 2. The number of carbonyl (C=O) groups is 1. The van der Waals surface area contributed by atoms with Crippen LogP contribution in [0.3, 0.4) is 0 Å². The number of anilines is 1. The van der Waals surface area contributed by atoms with Crippen LogP contribution in [0.25, 0.3) is 10.9 Å². The van der Waals surface area contributed by atoms with Crippen molar-refractivity contribution in [2.75, 3.05) is 31.1 Å². The summed E-state index contributed by atoms with van der Waals surface area (Å²) in [5.41, 5.74) is -0.0158. The van der Waals surface area contributed by atoms with Crippen LogP contribution in [0, 0.1) is 0 Å². The predicted octanol–water partition coefficient (Wildman–Crippen LogP) is 2.91. The molecule has 2 aromatic heterocycles. The van der Waals surface area contributed by atoms with Crippen LogP contribution in [0.1, 0.15) is 15.9 Å². The minimum absolute atomic E-state index is 0.232. The van der Waals surface area contributed by atoms with Gasteiger partial charge in [-0.05, 0) is 18.2 Å². The molecule has 9 heteroatoms. The molecule has 0 unspecified atom stereocenters. The van der Waals surface area contributed by atoms with Gasteiger partial charge < -0.3 is 14.4 Å². The Hall–Kier alpha value is -3.36. The first-order valence-corrected chi connectivity index (χ1v) is 9.42. The fraction of sp³-hybridized carbons (Fsp3) is 0.286. The number of halogens is 3. The number of benzene rings is 1. The van der Waals surface area contributed by atoms with Crippen molar-refractivity contribution in [3.05, 3.63) is 70.1 Å². The van der Waals surface area contributed by atoms with Gasteiger partial charge in [-0.3, -0.25) is 9.59 Å². The van der Waals surface area contributed by atoms with E-state index in [9.17, 15) is 22.8 Å². The van der Waals surface area contributed by atoms with Crippen molar-refractivity contribution in [1.29, 1.82) is 0 Å². The summed E-state index contributed by atoms with van der Waals surface area (Å²) in [6.45, 7) is 1.63. The van der Waals surface area contributed by atoms with Gasteiger partial charge in [0.15, 0.2) is 0 Å². The van der Waals surface area contributed by atoms with E-state index in [0.29, 0.717) is 48.5 Å². The standard InChI is InChI=1S/C21H19F3N4O2/c1-26-17-5-3-2-4-15(17)16(12-19(26)29)20(30)28-10-8-27(9-11-28)18-7-6-14(13-25-18)21(22,23)24/h2-7,12-13H,8-11H2,1H3. The van der Waals surface area contributed by atoms with Crippen molar-refractivity contribution in [1.82, 2.24) is 14.5 Å². The van der Waals surface area contributed by atoms with E-state index in [1.165, 1.54) is 16.7 Å². The third kappa shape index (κ3) is 3.62. The van der Waals surface area contributed by atoms with Gasteiger partial charge in [-0.15, -0.1) is 0 Å². The lowest BCUT2D eigenvalue weighted by Crippen LogP contribution is -2.49. The number of aryl methyl sites for hydroxylation is 1. The summed E-state index contributed by atoms with van der Waals surface area (Å²) in [5.74, 6) is 0.207. The molecule has 0 atom stereocenters. The highest BCUT2D eigenvalue weighted by Crippen LogP contribution is 2.29. The van der Waals surface area contributed by atoms with E-state index in [1.807, 2.05) is 23.1 Å². The van der Waals surface area contributed by atoms with E-state index in [0.717, 1.165) is 12.3 Å². The zero-order valence-electron chi connectivity index (χ0n) is 16.2. The van der Waals surface area contributed by atoms with Crippen molar-refractivity contribution < 1.29 is 18.0 Å². The largest absolute Gasteiger partial charge is 0.417 e. The van der Waals surface area contributed by atoms with E-state index in [1.54, 1.807) is 18.0 Å². The van der Waals surface area contributed by atoms with Gasteiger partial charge in [0.1, 0.15) is 5.82 Å².